The lowest BCUT2D eigenvalue weighted by molar-refractivity contribution is -0.131. The number of esters is 1. The minimum Gasteiger partial charge on any atom is -0.426 e. The molecule has 1 amide bonds. The molecule has 98 valence electrons. The lowest BCUT2D eigenvalue weighted by Gasteiger charge is -2.06. The van der Waals surface area contributed by atoms with Crippen molar-refractivity contribution in [1.82, 2.24) is 5.32 Å². The Balaban J connectivity index is 2.40. The van der Waals surface area contributed by atoms with Gasteiger partial charge in [-0.15, -0.1) is 0 Å². The van der Waals surface area contributed by atoms with Gasteiger partial charge in [-0.1, -0.05) is 39.9 Å². The monoisotopic (exact) mass is 357 g/mol. The first-order valence-electron chi connectivity index (χ1n) is 5.18. The third kappa shape index (κ3) is 3.65. The smallest absolute Gasteiger partial charge is 0.308 e. The lowest BCUT2D eigenvalue weighted by Crippen LogP contribution is -2.17. The summed E-state index contributed by atoms with van der Waals surface area (Å²) in [5.74, 6) is -0.265. The van der Waals surface area contributed by atoms with Gasteiger partial charge in [0.2, 0.25) is 0 Å². The fourth-order valence-corrected chi connectivity index (χ4v) is 2.86. The van der Waals surface area contributed by atoms with Gasteiger partial charge in [0.1, 0.15) is 10.1 Å². The van der Waals surface area contributed by atoms with Gasteiger partial charge in [0, 0.05) is 17.0 Å². The molecule has 7 heteroatoms. The van der Waals surface area contributed by atoms with E-state index in [2.05, 4.69) is 21.2 Å². The van der Waals surface area contributed by atoms with Crippen LogP contribution in [0.25, 0.3) is 6.08 Å². The van der Waals surface area contributed by atoms with Crippen LogP contribution < -0.4 is 10.1 Å². The van der Waals surface area contributed by atoms with Crippen molar-refractivity contribution < 1.29 is 14.3 Å². The average molecular weight is 358 g/mol. The summed E-state index contributed by atoms with van der Waals surface area (Å²) in [5, 5.41) is 2.53. The minimum atomic E-state index is -0.416. The highest BCUT2D eigenvalue weighted by Gasteiger charge is 2.22. The van der Waals surface area contributed by atoms with Crippen molar-refractivity contribution >= 4 is 62.2 Å². The molecule has 0 atom stereocenters. The summed E-state index contributed by atoms with van der Waals surface area (Å²) in [6.45, 7) is 1.32. The Morgan fingerprint density at radius 3 is 2.84 bits per heavy atom. The van der Waals surface area contributed by atoms with Gasteiger partial charge in [0.05, 0.1) is 4.91 Å². The van der Waals surface area contributed by atoms with Gasteiger partial charge in [-0.25, -0.2) is 0 Å². The number of carbonyl (C=O) groups is 2. The third-order valence-electron chi connectivity index (χ3n) is 2.15. The second kappa shape index (κ2) is 5.85. The van der Waals surface area contributed by atoms with Crippen molar-refractivity contribution in [2.45, 2.75) is 6.92 Å². The van der Waals surface area contributed by atoms with Crippen molar-refractivity contribution in [2.75, 3.05) is 0 Å². The standard InChI is InChI=1S/C12H8BrNO3S2/c1-6(15)17-9-3-2-8(13)4-7(9)5-10-11(16)14-12(18)19-10/h2-5H,1H3,(H,14,16,18)/b10-5+. The zero-order valence-corrected chi connectivity index (χ0v) is 12.9. The minimum absolute atomic E-state index is 0.247. The predicted octanol–water partition coefficient (Wildman–Crippen LogP) is 2.86. The number of nitrogens with one attached hydrogen (secondary N) is 1. The number of halogens is 1. The third-order valence-corrected chi connectivity index (χ3v) is 3.81. The van der Waals surface area contributed by atoms with Gasteiger partial charge in [0.25, 0.3) is 5.91 Å². The van der Waals surface area contributed by atoms with Crippen LogP contribution in [-0.2, 0) is 9.59 Å². The van der Waals surface area contributed by atoms with Crippen LogP contribution >= 0.6 is 39.9 Å². The van der Waals surface area contributed by atoms with E-state index in [4.69, 9.17) is 17.0 Å². The number of benzene rings is 1. The number of hydrogen-bond donors (Lipinski definition) is 1. The Morgan fingerprint density at radius 1 is 1.53 bits per heavy atom. The molecule has 0 spiro atoms. The van der Waals surface area contributed by atoms with E-state index in [1.165, 1.54) is 18.7 Å². The highest BCUT2D eigenvalue weighted by atomic mass is 79.9. The normalized spacial score (nSPS) is 16.6. The molecule has 0 aliphatic carbocycles. The highest BCUT2D eigenvalue weighted by Crippen LogP contribution is 2.31. The molecule has 1 aromatic carbocycles. The molecule has 1 aromatic rings. The maximum Gasteiger partial charge on any atom is 0.308 e. The van der Waals surface area contributed by atoms with Crippen LogP contribution in [0.1, 0.15) is 12.5 Å². The Hall–Kier alpha value is -1.18. The van der Waals surface area contributed by atoms with Crippen LogP contribution in [0.2, 0.25) is 0 Å². The second-order valence-corrected chi connectivity index (χ2v) is 6.26. The van der Waals surface area contributed by atoms with E-state index in [-0.39, 0.29) is 5.91 Å². The topological polar surface area (TPSA) is 55.4 Å². The molecular weight excluding hydrogens is 350 g/mol. The molecule has 0 aromatic heterocycles. The lowest BCUT2D eigenvalue weighted by atomic mass is 10.2. The number of rotatable bonds is 2. The summed E-state index contributed by atoms with van der Waals surface area (Å²) < 4.78 is 6.33. The maximum atomic E-state index is 11.6. The molecule has 19 heavy (non-hydrogen) atoms. The Bertz CT molecular complexity index is 613. The molecule has 0 bridgehead atoms. The summed E-state index contributed by atoms with van der Waals surface area (Å²) in [7, 11) is 0. The van der Waals surface area contributed by atoms with Crippen molar-refractivity contribution in [3.8, 4) is 5.75 Å². The highest BCUT2D eigenvalue weighted by molar-refractivity contribution is 9.10. The number of thiocarbonyl (C=S) groups is 1. The summed E-state index contributed by atoms with van der Waals surface area (Å²) in [5.41, 5.74) is 0.631. The van der Waals surface area contributed by atoms with Crippen molar-refractivity contribution in [2.24, 2.45) is 0 Å². The fourth-order valence-electron chi connectivity index (χ4n) is 1.44. The first-order valence-corrected chi connectivity index (χ1v) is 7.20. The van der Waals surface area contributed by atoms with Crippen molar-refractivity contribution in [1.29, 1.82) is 0 Å². The summed E-state index contributed by atoms with van der Waals surface area (Å²) >= 11 is 9.43. The first-order chi connectivity index (χ1) is 8.95. The van der Waals surface area contributed by atoms with Gasteiger partial charge in [0.15, 0.2) is 0 Å². The van der Waals surface area contributed by atoms with Crippen molar-refractivity contribution in [3.63, 3.8) is 0 Å². The van der Waals surface area contributed by atoms with Gasteiger partial charge < -0.3 is 10.1 Å². The largest absolute Gasteiger partial charge is 0.426 e. The molecule has 0 radical (unpaired) electrons. The quantitative estimate of drug-likeness (QED) is 0.381. The molecule has 1 aliphatic rings. The van der Waals surface area contributed by atoms with E-state index in [1.54, 1.807) is 24.3 Å². The molecule has 1 saturated heterocycles. The molecule has 1 fully saturated rings. The van der Waals surface area contributed by atoms with Crippen LogP contribution in [0.5, 0.6) is 5.75 Å². The van der Waals surface area contributed by atoms with Crippen LogP contribution in [0, 0.1) is 0 Å². The SMILES string of the molecule is CC(=O)Oc1ccc(Br)cc1/C=C1/SC(=S)NC1=O. The van der Waals surface area contributed by atoms with Crippen LogP contribution in [-0.4, -0.2) is 16.2 Å². The zero-order chi connectivity index (χ0) is 14.0. The predicted molar refractivity (Wildman–Crippen MR) is 81.8 cm³/mol. The number of carbonyl (C=O) groups excluding carboxylic acids is 2. The zero-order valence-electron chi connectivity index (χ0n) is 9.73. The number of thioether (sulfide) groups is 1. The summed E-state index contributed by atoms with van der Waals surface area (Å²) in [6.07, 6.45) is 1.64. The molecule has 0 unspecified atom stereocenters. The molecular formula is C12H8BrNO3S2. The number of amides is 1. The van der Waals surface area contributed by atoms with Crippen LogP contribution in [0.4, 0.5) is 0 Å². The van der Waals surface area contributed by atoms with Gasteiger partial charge in [-0.05, 0) is 24.3 Å². The Labute approximate surface area is 127 Å². The van der Waals surface area contributed by atoms with Crippen molar-refractivity contribution in [3.05, 3.63) is 33.1 Å². The molecule has 2 rings (SSSR count). The summed E-state index contributed by atoms with van der Waals surface area (Å²) in [6, 6.07) is 5.18. The van der Waals surface area contributed by atoms with Gasteiger partial charge >= 0.3 is 5.97 Å². The van der Waals surface area contributed by atoms with E-state index < -0.39 is 5.97 Å². The molecule has 1 N–H and O–H groups in total. The number of hydrogen-bond acceptors (Lipinski definition) is 5. The van der Waals surface area contributed by atoms with E-state index in [0.29, 0.717) is 20.5 Å². The molecule has 1 aliphatic heterocycles. The fraction of sp³-hybridized carbons (Fsp3) is 0.0833. The van der Waals surface area contributed by atoms with E-state index >= 15 is 0 Å². The van der Waals surface area contributed by atoms with Crippen LogP contribution in [0.15, 0.2) is 27.6 Å². The molecule has 4 nitrogen and oxygen atoms in total. The maximum absolute atomic E-state index is 11.6. The Kier molecular flexibility index (Phi) is 4.38. The Morgan fingerprint density at radius 2 is 2.26 bits per heavy atom. The molecule has 1 heterocycles. The van der Waals surface area contributed by atoms with E-state index in [1.807, 2.05) is 0 Å². The first kappa shape index (κ1) is 14.2. The average Bonchev–Trinajstić information content (AvgIpc) is 2.61. The van der Waals surface area contributed by atoms with Gasteiger partial charge in [-0.3, -0.25) is 9.59 Å². The van der Waals surface area contributed by atoms with E-state index in [0.717, 1.165) is 4.47 Å². The summed E-state index contributed by atoms with van der Waals surface area (Å²) in [4.78, 5) is 23.1. The second-order valence-electron chi connectivity index (χ2n) is 3.63. The molecule has 0 saturated carbocycles. The van der Waals surface area contributed by atoms with E-state index in [9.17, 15) is 9.59 Å². The van der Waals surface area contributed by atoms with Crippen LogP contribution in [0.3, 0.4) is 0 Å². The van der Waals surface area contributed by atoms with Gasteiger partial charge in [-0.2, -0.15) is 0 Å². The number of ether oxygens (including phenoxy) is 1.